The third kappa shape index (κ3) is 5.01. The number of nitrogens with one attached hydrogen (secondary N) is 1. The first-order valence-electron chi connectivity index (χ1n) is 5.84. The highest BCUT2D eigenvalue weighted by Gasteiger charge is 2.27. The quantitative estimate of drug-likeness (QED) is 0.855. The van der Waals surface area contributed by atoms with Crippen molar-refractivity contribution in [3.63, 3.8) is 0 Å². The molecule has 0 saturated heterocycles. The van der Waals surface area contributed by atoms with Gasteiger partial charge in [0.15, 0.2) is 0 Å². The largest absolute Gasteiger partial charge is 0.496 e. The van der Waals surface area contributed by atoms with Gasteiger partial charge in [0.2, 0.25) is 5.91 Å². The van der Waals surface area contributed by atoms with Crippen molar-refractivity contribution >= 4 is 39.9 Å². The maximum absolute atomic E-state index is 12.0. The summed E-state index contributed by atoms with van der Waals surface area (Å²) in [5, 5.41) is 2.81. The number of methoxy groups -OCH3 is 1. The van der Waals surface area contributed by atoms with E-state index in [-0.39, 0.29) is 18.3 Å². The Hall–Kier alpha value is -0.780. The Morgan fingerprint density at radius 2 is 2.16 bits per heavy atom. The molecule has 4 nitrogen and oxygen atoms in total. The maximum atomic E-state index is 12.0. The van der Waals surface area contributed by atoms with Crippen LogP contribution in [0.1, 0.15) is 26.7 Å². The van der Waals surface area contributed by atoms with Crippen LogP contribution >= 0.6 is 28.3 Å². The molecule has 0 spiro atoms. The number of benzene rings is 1. The minimum atomic E-state index is -0.846. The number of carbonyl (C=O) groups excluding carboxylic acids is 1. The van der Waals surface area contributed by atoms with Crippen molar-refractivity contribution in [2.24, 2.45) is 5.73 Å². The molecule has 1 aromatic rings. The summed E-state index contributed by atoms with van der Waals surface area (Å²) < 4.78 is 5.92. The van der Waals surface area contributed by atoms with Crippen LogP contribution in [0.25, 0.3) is 0 Å². The molecule has 0 bridgehead atoms. The van der Waals surface area contributed by atoms with Gasteiger partial charge in [-0.25, -0.2) is 0 Å². The van der Waals surface area contributed by atoms with Crippen LogP contribution in [0.5, 0.6) is 5.75 Å². The van der Waals surface area contributed by atoms with Crippen molar-refractivity contribution in [1.29, 1.82) is 0 Å². The Morgan fingerprint density at radius 1 is 1.53 bits per heavy atom. The first-order chi connectivity index (χ1) is 8.40. The number of carbonyl (C=O) groups is 1. The predicted molar refractivity (Wildman–Crippen MR) is 84.1 cm³/mol. The highest BCUT2D eigenvalue weighted by Crippen LogP contribution is 2.28. The average Bonchev–Trinajstić information content (AvgIpc) is 2.29. The van der Waals surface area contributed by atoms with E-state index in [4.69, 9.17) is 10.5 Å². The summed E-state index contributed by atoms with van der Waals surface area (Å²) in [6.07, 6.45) is 1.52. The van der Waals surface area contributed by atoms with Gasteiger partial charge in [-0.2, -0.15) is 0 Å². The van der Waals surface area contributed by atoms with Crippen LogP contribution in [0.3, 0.4) is 0 Å². The first-order valence-corrected chi connectivity index (χ1v) is 6.64. The fraction of sp³-hybridized carbons (Fsp3) is 0.462. The minimum Gasteiger partial charge on any atom is -0.496 e. The van der Waals surface area contributed by atoms with Crippen LogP contribution in [0, 0.1) is 0 Å². The second-order valence-electron chi connectivity index (χ2n) is 4.47. The van der Waals surface area contributed by atoms with Gasteiger partial charge in [-0.15, -0.1) is 12.4 Å². The highest BCUT2D eigenvalue weighted by atomic mass is 79.9. The van der Waals surface area contributed by atoms with Gasteiger partial charge in [0, 0.05) is 5.69 Å². The van der Waals surface area contributed by atoms with Gasteiger partial charge in [-0.3, -0.25) is 4.79 Å². The number of rotatable bonds is 5. The van der Waals surface area contributed by atoms with Crippen molar-refractivity contribution in [3.05, 3.63) is 22.7 Å². The third-order valence-corrected chi connectivity index (χ3v) is 3.32. The van der Waals surface area contributed by atoms with Crippen LogP contribution in [-0.2, 0) is 4.79 Å². The van der Waals surface area contributed by atoms with Crippen LogP contribution < -0.4 is 15.8 Å². The maximum Gasteiger partial charge on any atom is 0.244 e. The van der Waals surface area contributed by atoms with Crippen LogP contribution in [0.15, 0.2) is 22.7 Å². The van der Waals surface area contributed by atoms with E-state index in [2.05, 4.69) is 21.2 Å². The molecule has 1 unspecified atom stereocenters. The molecule has 0 aliphatic heterocycles. The second kappa shape index (κ2) is 7.72. The summed E-state index contributed by atoms with van der Waals surface area (Å²) in [6, 6.07) is 5.36. The summed E-state index contributed by atoms with van der Waals surface area (Å²) in [7, 11) is 1.59. The van der Waals surface area contributed by atoms with Crippen molar-refractivity contribution in [1.82, 2.24) is 0 Å². The summed E-state index contributed by atoms with van der Waals surface area (Å²) in [5.41, 5.74) is 5.81. The number of nitrogens with two attached hydrogens (primary N) is 1. The predicted octanol–water partition coefficient (Wildman–Crippen LogP) is 3.34. The average molecular weight is 352 g/mol. The summed E-state index contributed by atoms with van der Waals surface area (Å²) in [6.45, 7) is 3.74. The molecule has 1 aromatic carbocycles. The lowest BCUT2D eigenvalue weighted by Gasteiger charge is -2.23. The summed E-state index contributed by atoms with van der Waals surface area (Å²) >= 11 is 3.37. The molecule has 0 heterocycles. The molecule has 3 N–H and O–H groups in total. The van der Waals surface area contributed by atoms with Gasteiger partial charge in [0.25, 0.3) is 0 Å². The first kappa shape index (κ1) is 18.2. The number of anilines is 1. The smallest absolute Gasteiger partial charge is 0.244 e. The fourth-order valence-corrected chi connectivity index (χ4v) is 2.19. The van der Waals surface area contributed by atoms with Gasteiger partial charge in [-0.05, 0) is 47.5 Å². The zero-order chi connectivity index (χ0) is 13.8. The van der Waals surface area contributed by atoms with Crippen LogP contribution in [0.4, 0.5) is 5.69 Å². The lowest BCUT2D eigenvalue weighted by Crippen LogP contribution is -2.48. The van der Waals surface area contributed by atoms with Gasteiger partial charge < -0.3 is 15.8 Å². The molecule has 1 amide bonds. The molecular weight excluding hydrogens is 332 g/mol. The third-order valence-electron chi connectivity index (χ3n) is 2.70. The summed E-state index contributed by atoms with van der Waals surface area (Å²) in [4.78, 5) is 12.0. The Kier molecular flexibility index (Phi) is 7.41. The zero-order valence-corrected chi connectivity index (χ0v) is 13.7. The molecule has 1 rings (SSSR count). The van der Waals surface area contributed by atoms with Crippen molar-refractivity contribution in [3.8, 4) is 5.75 Å². The molecule has 0 fully saturated rings. The Morgan fingerprint density at radius 3 is 2.63 bits per heavy atom. The topological polar surface area (TPSA) is 64.4 Å². The molecule has 0 saturated carbocycles. The second-order valence-corrected chi connectivity index (χ2v) is 5.33. The van der Waals surface area contributed by atoms with E-state index in [0.29, 0.717) is 12.1 Å². The number of halogens is 2. The molecule has 0 aromatic heterocycles. The van der Waals surface area contributed by atoms with E-state index in [0.717, 1.165) is 16.6 Å². The van der Waals surface area contributed by atoms with E-state index in [1.165, 1.54) is 0 Å². The number of hydrogen-bond donors (Lipinski definition) is 2. The number of amides is 1. The van der Waals surface area contributed by atoms with E-state index in [1.54, 1.807) is 32.2 Å². The van der Waals surface area contributed by atoms with Gasteiger partial charge in [-0.1, -0.05) is 13.3 Å². The molecule has 6 heteroatoms. The lowest BCUT2D eigenvalue weighted by molar-refractivity contribution is -0.120. The van der Waals surface area contributed by atoms with Crippen LogP contribution in [-0.4, -0.2) is 18.6 Å². The Bertz CT molecular complexity index is 439. The SMILES string of the molecule is CCCC(C)(N)C(=O)Nc1ccc(OC)c(Br)c1.Cl. The van der Waals surface area contributed by atoms with Crippen molar-refractivity contribution < 1.29 is 9.53 Å². The molecule has 108 valence electrons. The van der Waals surface area contributed by atoms with E-state index in [9.17, 15) is 4.79 Å². The number of ether oxygens (including phenoxy) is 1. The lowest BCUT2D eigenvalue weighted by atomic mass is 9.96. The molecule has 1 atom stereocenters. The fourth-order valence-electron chi connectivity index (χ4n) is 1.65. The number of hydrogen-bond acceptors (Lipinski definition) is 3. The molecular formula is C13H20BrClN2O2. The molecule has 0 aliphatic rings. The van der Waals surface area contributed by atoms with Crippen molar-refractivity contribution in [2.45, 2.75) is 32.2 Å². The van der Waals surface area contributed by atoms with E-state index in [1.807, 2.05) is 6.92 Å². The van der Waals surface area contributed by atoms with Gasteiger partial charge in [0.05, 0.1) is 17.1 Å². The molecule has 0 radical (unpaired) electrons. The van der Waals surface area contributed by atoms with E-state index < -0.39 is 5.54 Å². The normalized spacial score (nSPS) is 13.1. The molecule has 19 heavy (non-hydrogen) atoms. The minimum absolute atomic E-state index is 0. The van der Waals surface area contributed by atoms with Crippen LogP contribution in [0.2, 0.25) is 0 Å². The van der Waals surface area contributed by atoms with Gasteiger partial charge >= 0.3 is 0 Å². The van der Waals surface area contributed by atoms with E-state index >= 15 is 0 Å². The Balaban J connectivity index is 0.00000324. The summed E-state index contributed by atoms with van der Waals surface area (Å²) in [5.74, 6) is 0.540. The molecule has 0 aliphatic carbocycles. The standard InChI is InChI=1S/C13H19BrN2O2.ClH/c1-4-7-13(2,15)12(17)16-9-5-6-11(18-3)10(14)8-9;/h5-6,8H,4,7,15H2,1-3H3,(H,16,17);1H. The van der Waals surface area contributed by atoms with Gasteiger partial charge in [0.1, 0.15) is 5.75 Å². The highest BCUT2D eigenvalue weighted by molar-refractivity contribution is 9.10. The Labute approximate surface area is 128 Å². The zero-order valence-electron chi connectivity index (χ0n) is 11.3. The monoisotopic (exact) mass is 350 g/mol. The van der Waals surface area contributed by atoms with Crippen molar-refractivity contribution in [2.75, 3.05) is 12.4 Å².